The van der Waals surface area contributed by atoms with Gasteiger partial charge in [0.1, 0.15) is 23.5 Å². The number of nitrogens with one attached hydrogen (secondary N) is 2. The number of carbonyl (C=O) groups excluding carboxylic acids is 6. The molecule has 288 valence electrons. The fourth-order valence-electron chi connectivity index (χ4n) is 7.74. The maximum absolute atomic E-state index is 14.1. The number of ketones is 2. The molecule has 16 heteroatoms. The van der Waals surface area contributed by atoms with Gasteiger partial charge in [-0.2, -0.15) is 0 Å². The van der Waals surface area contributed by atoms with Gasteiger partial charge in [-0.3, -0.25) is 34.3 Å². The van der Waals surface area contributed by atoms with Crippen LogP contribution in [0.2, 0.25) is 0 Å². The Hall–Kier alpha value is -5.00. The Morgan fingerprint density at radius 2 is 1.78 bits per heavy atom. The number of fused-ring (bicyclic) bond motifs is 3. The lowest BCUT2D eigenvalue weighted by Gasteiger charge is -2.41. The maximum Gasteiger partial charge on any atom is 0.253 e. The molecule has 0 aromatic heterocycles. The zero-order valence-electron chi connectivity index (χ0n) is 30.2. The molecule has 0 bridgehead atoms. The van der Waals surface area contributed by atoms with Crippen LogP contribution in [-0.4, -0.2) is 102 Å². The standard InChI is InChI=1S/C38H44N4O12/c1-18-34(47)22(39)16-29(53-18)54-25-15-19(23(17-43)40-41-26(44)10-5-4-6-13-42-27(45)11-12-28(42)46)14-21-31(25)37(50)32-33(38(21)52-3)35(48)20-8-7-9-24(51-2)30(20)36(32)49/h7-9,11-12,17-19,22-23,25,29,34,40,47,50H,4-6,10,13-16,39H2,1-3H3,(H,41,44). The Balaban J connectivity index is 1.25. The van der Waals surface area contributed by atoms with Gasteiger partial charge in [0.2, 0.25) is 11.7 Å². The number of phenols is 1. The molecule has 3 amide bonds. The molecule has 1 saturated heterocycles. The number of nitrogens with zero attached hydrogens (tertiary/aromatic N) is 1. The Bertz CT molecular complexity index is 1870. The van der Waals surface area contributed by atoms with Crippen LogP contribution in [0.5, 0.6) is 17.2 Å². The molecule has 1 fully saturated rings. The first-order chi connectivity index (χ1) is 25.9. The molecule has 7 atom stereocenters. The van der Waals surface area contributed by atoms with Crippen LogP contribution >= 0.6 is 0 Å². The molecule has 6 N–H and O–H groups in total. The van der Waals surface area contributed by atoms with E-state index in [2.05, 4.69) is 10.9 Å². The highest BCUT2D eigenvalue weighted by Crippen LogP contribution is 2.52. The maximum atomic E-state index is 14.1. The Morgan fingerprint density at radius 3 is 2.44 bits per heavy atom. The van der Waals surface area contributed by atoms with Crippen molar-refractivity contribution in [3.8, 4) is 17.2 Å². The lowest BCUT2D eigenvalue weighted by molar-refractivity contribution is -0.243. The minimum absolute atomic E-state index is 0.000381. The summed E-state index contributed by atoms with van der Waals surface area (Å²) in [6, 6.07) is 2.95. The van der Waals surface area contributed by atoms with Crippen molar-refractivity contribution in [2.75, 3.05) is 20.8 Å². The van der Waals surface area contributed by atoms with Crippen molar-refractivity contribution in [3.05, 3.63) is 63.7 Å². The summed E-state index contributed by atoms with van der Waals surface area (Å²) < 4.78 is 23.6. The van der Waals surface area contributed by atoms with Gasteiger partial charge < -0.3 is 39.7 Å². The van der Waals surface area contributed by atoms with Gasteiger partial charge in [-0.1, -0.05) is 18.6 Å². The minimum atomic E-state index is -1.02. The number of aldehydes is 1. The molecule has 0 spiro atoms. The van der Waals surface area contributed by atoms with Crippen molar-refractivity contribution < 1.29 is 57.9 Å². The fraction of sp³-hybridized carbons (Fsp3) is 0.474. The summed E-state index contributed by atoms with van der Waals surface area (Å²) in [4.78, 5) is 78.2. The second-order valence-electron chi connectivity index (χ2n) is 13.9. The van der Waals surface area contributed by atoms with Crippen molar-refractivity contribution in [2.24, 2.45) is 11.7 Å². The largest absolute Gasteiger partial charge is 0.507 e. The van der Waals surface area contributed by atoms with Gasteiger partial charge in [0.15, 0.2) is 12.1 Å². The van der Waals surface area contributed by atoms with E-state index in [0.29, 0.717) is 31.1 Å². The molecule has 2 aromatic rings. The quantitative estimate of drug-likeness (QED) is 0.0677. The van der Waals surface area contributed by atoms with Crippen molar-refractivity contribution in [3.63, 3.8) is 0 Å². The van der Waals surface area contributed by atoms with Crippen LogP contribution in [0.1, 0.15) is 94.5 Å². The Kier molecular flexibility index (Phi) is 11.6. The van der Waals surface area contributed by atoms with Crippen LogP contribution < -0.4 is 26.1 Å². The van der Waals surface area contributed by atoms with E-state index >= 15 is 0 Å². The monoisotopic (exact) mass is 748 g/mol. The van der Waals surface area contributed by atoms with E-state index in [1.807, 2.05) is 0 Å². The number of hydrogen-bond donors (Lipinski definition) is 5. The number of methoxy groups -OCH3 is 2. The Labute approximate surface area is 310 Å². The van der Waals surface area contributed by atoms with Crippen LogP contribution in [0.25, 0.3) is 0 Å². The number of hydrogen-bond acceptors (Lipinski definition) is 14. The summed E-state index contributed by atoms with van der Waals surface area (Å²) in [6.45, 7) is 1.90. The van der Waals surface area contributed by atoms with Gasteiger partial charge in [0.05, 0.1) is 55.3 Å². The van der Waals surface area contributed by atoms with E-state index < -0.39 is 59.9 Å². The lowest BCUT2D eigenvalue weighted by atomic mass is 9.73. The number of ether oxygens (including phenoxy) is 4. The van der Waals surface area contributed by atoms with Crippen LogP contribution in [0.4, 0.5) is 0 Å². The second-order valence-corrected chi connectivity index (χ2v) is 13.9. The smallest absolute Gasteiger partial charge is 0.253 e. The number of phenolic OH excluding ortho intramolecular Hbond substituents is 1. The van der Waals surface area contributed by atoms with Crippen molar-refractivity contribution in [2.45, 2.75) is 88.6 Å². The van der Waals surface area contributed by atoms with Gasteiger partial charge in [0.25, 0.3) is 11.8 Å². The van der Waals surface area contributed by atoms with Crippen LogP contribution in [-0.2, 0) is 35.1 Å². The summed E-state index contributed by atoms with van der Waals surface area (Å²) in [5, 5.41) is 22.3. The van der Waals surface area contributed by atoms with E-state index in [9.17, 15) is 39.0 Å². The molecule has 2 aliphatic heterocycles. The van der Waals surface area contributed by atoms with Gasteiger partial charge in [-0.25, -0.2) is 5.43 Å². The average molecular weight is 749 g/mol. The number of amides is 3. The molecule has 2 heterocycles. The number of aliphatic hydroxyl groups is 1. The van der Waals surface area contributed by atoms with E-state index in [1.54, 1.807) is 19.1 Å². The fourth-order valence-corrected chi connectivity index (χ4v) is 7.74. The highest BCUT2D eigenvalue weighted by atomic mass is 16.7. The van der Waals surface area contributed by atoms with Gasteiger partial charge >= 0.3 is 0 Å². The SMILES string of the molecule is COc1cccc2c1C(=O)c1c(O)c3c(c(OC)c1C2=O)CC(C(C=O)NNC(=O)CCCCCN1C(=O)C=CC1=O)CC3OC1CC(N)C(O)C(C)O1. The number of aliphatic hydroxyl groups excluding tert-OH is 1. The number of nitrogens with two attached hydrogens (primary N) is 1. The summed E-state index contributed by atoms with van der Waals surface area (Å²) in [6.07, 6.45) is 1.41. The van der Waals surface area contributed by atoms with Crippen LogP contribution in [0.15, 0.2) is 30.4 Å². The molecule has 2 aromatic carbocycles. The number of benzene rings is 2. The number of hydrazine groups is 1. The van der Waals surface area contributed by atoms with Crippen molar-refractivity contribution in [1.82, 2.24) is 15.8 Å². The number of carbonyl (C=O) groups is 6. The summed E-state index contributed by atoms with van der Waals surface area (Å²) in [7, 11) is 2.71. The minimum Gasteiger partial charge on any atom is -0.507 e. The number of imide groups is 1. The third kappa shape index (κ3) is 7.27. The zero-order chi connectivity index (χ0) is 38.8. The first-order valence-corrected chi connectivity index (χ1v) is 17.9. The highest BCUT2D eigenvalue weighted by molar-refractivity contribution is 6.31. The first kappa shape index (κ1) is 38.7. The highest BCUT2D eigenvalue weighted by Gasteiger charge is 2.46. The zero-order valence-corrected chi connectivity index (χ0v) is 30.2. The molecular weight excluding hydrogens is 704 g/mol. The predicted molar refractivity (Wildman–Crippen MR) is 189 cm³/mol. The Morgan fingerprint density at radius 1 is 1.04 bits per heavy atom. The van der Waals surface area contributed by atoms with E-state index in [-0.39, 0.29) is 89.3 Å². The topological polar surface area (TPSA) is 233 Å². The molecule has 16 nitrogen and oxygen atoms in total. The normalized spacial score (nSPS) is 25.2. The molecule has 2 aliphatic carbocycles. The summed E-state index contributed by atoms with van der Waals surface area (Å²) in [5.74, 6) is -3.20. The average Bonchev–Trinajstić information content (AvgIpc) is 3.47. The van der Waals surface area contributed by atoms with Crippen molar-refractivity contribution in [1.29, 1.82) is 0 Å². The number of aromatic hydroxyl groups is 1. The molecule has 6 rings (SSSR count). The molecule has 0 saturated carbocycles. The predicted octanol–water partition coefficient (Wildman–Crippen LogP) is 1.30. The van der Waals surface area contributed by atoms with Gasteiger partial charge in [0, 0.05) is 54.3 Å². The number of unbranched alkanes of at least 4 members (excludes halogenated alkanes) is 2. The van der Waals surface area contributed by atoms with E-state index in [0.717, 1.165) is 4.90 Å². The van der Waals surface area contributed by atoms with E-state index in [4.69, 9.17) is 24.7 Å². The molecule has 54 heavy (non-hydrogen) atoms. The molecule has 7 unspecified atom stereocenters. The van der Waals surface area contributed by atoms with Crippen LogP contribution in [0.3, 0.4) is 0 Å². The first-order valence-electron chi connectivity index (χ1n) is 17.9. The summed E-state index contributed by atoms with van der Waals surface area (Å²) >= 11 is 0. The lowest BCUT2D eigenvalue weighted by Crippen LogP contribution is -2.52. The molecular formula is C38H44N4O12. The second kappa shape index (κ2) is 16.2. The van der Waals surface area contributed by atoms with Gasteiger partial charge in [-0.15, -0.1) is 0 Å². The third-order valence-electron chi connectivity index (χ3n) is 10.5. The van der Waals surface area contributed by atoms with Crippen LogP contribution in [0, 0.1) is 5.92 Å². The molecule has 4 aliphatic rings. The van der Waals surface area contributed by atoms with Gasteiger partial charge in [-0.05, 0) is 44.6 Å². The summed E-state index contributed by atoms with van der Waals surface area (Å²) in [5.41, 5.74) is 11.8. The van der Waals surface area contributed by atoms with E-state index in [1.165, 1.54) is 32.4 Å². The number of rotatable bonds is 14. The molecule has 0 radical (unpaired) electrons. The third-order valence-corrected chi connectivity index (χ3v) is 10.5. The van der Waals surface area contributed by atoms with Crippen molar-refractivity contribution >= 4 is 35.6 Å².